The molecule has 2 N–H and O–H groups in total. The molecule has 0 atom stereocenters. The number of hydrazone groups is 1. The summed E-state index contributed by atoms with van der Waals surface area (Å²) >= 11 is 5.79. The van der Waals surface area contributed by atoms with Gasteiger partial charge in [0, 0.05) is 10.7 Å². The fourth-order valence-corrected chi connectivity index (χ4v) is 2.68. The quantitative estimate of drug-likeness (QED) is 0.332. The number of nitrogens with zero attached hydrogens (tertiary/aromatic N) is 1. The van der Waals surface area contributed by atoms with Crippen molar-refractivity contribution >= 4 is 35.3 Å². The summed E-state index contributed by atoms with van der Waals surface area (Å²) in [4.78, 5) is 23.8. The molecule has 0 heterocycles. The van der Waals surface area contributed by atoms with Crippen molar-refractivity contribution in [3.8, 4) is 11.5 Å². The Balaban J connectivity index is 1.55. The van der Waals surface area contributed by atoms with E-state index in [4.69, 9.17) is 21.1 Å². The summed E-state index contributed by atoms with van der Waals surface area (Å²) in [6.45, 7) is 0.406. The second-order valence-electron chi connectivity index (χ2n) is 6.34. The number of rotatable bonds is 7. The predicted octanol–water partition coefficient (Wildman–Crippen LogP) is 4.02. The van der Waals surface area contributed by atoms with Gasteiger partial charge < -0.3 is 14.8 Å². The maximum absolute atomic E-state index is 11.9. The molecule has 3 aromatic carbocycles. The summed E-state index contributed by atoms with van der Waals surface area (Å²) in [5.41, 5.74) is 4.32. The minimum atomic E-state index is -0.902. The van der Waals surface area contributed by atoms with Crippen molar-refractivity contribution in [1.82, 2.24) is 5.43 Å². The maximum atomic E-state index is 11.9. The molecular formula is C23H20ClN3O4. The topological polar surface area (TPSA) is 89.0 Å². The smallest absolute Gasteiger partial charge is 0.329 e. The third-order valence-corrected chi connectivity index (χ3v) is 4.36. The molecule has 0 aliphatic heterocycles. The number of hydrogen-bond donors (Lipinski definition) is 2. The van der Waals surface area contributed by atoms with Crippen molar-refractivity contribution in [2.45, 2.75) is 6.61 Å². The third kappa shape index (κ3) is 6.58. The van der Waals surface area contributed by atoms with Crippen molar-refractivity contribution in [3.05, 3.63) is 88.9 Å². The van der Waals surface area contributed by atoms with Crippen LogP contribution in [0.3, 0.4) is 0 Å². The van der Waals surface area contributed by atoms with Crippen LogP contribution in [0.2, 0.25) is 5.02 Å². The summed E-state index contributed by atoms with van der Waals surface area (Å²) in [5, 5.41) is 6.79. The van der Waals surface area contributed by atoms with E-state index in [1.54, 1.807) is 42.5 Å². The highest BCUT2D eigenvalue weighted by Gasteiger charge is 2.13. The second-order valence-corrected chi connectivity index (χ2v) is 6.78. The van der Waals surface area contributed by atoms with Crippen molar-refractivity contribution in [1.29, 1.82) is 0 Å². The fraction of sp³-hybridized carbons (Fsp3) is 0.0870. The molecule has 0 saturated carbocycles. The number of nitrogens with one attached hydrogen (secondary N) is 2. The van der Waals surface area contributed by atoms with Gasteiger partial charge in [-0.25, -0.2) is 5.43 Å². The van der Waals surface area contributed by atoms with Crippen LogP contribution in [0.25, 0.3) is 0 Å². The number of amides is 2. The van der Waals surface area contributed by atoms with Gasteiger partial charge in [-0.05, 0) is 53.6 Å². The number of carbonyl (C=O) groups is 2. The van der Waals surface area contributed by atoms with Gasteiger partial charge in [0.2, 0.25) is 0 Å². The van der Waals surface area contributed by atoms with Crippen LogP contribution in [0.4, 0.5) is 5.69 Å². The van der Waals surface area contributed by atoms with E-state index in [2.05, 4.69) is 15.8 Å². The summed E-state index contributed by atoms with van der Waals surface area (Å²) < 4.78 is 11.2. The first-order chi connectivity index (χ1) is 15.0. The van der Waals surface area contributed by atoms with Crippen LogP contribution in [0.1, 0.15) is 11.1 Å². The van der Waals surface area contributed by atoms with Crippen LogP contribution < -0.4 is 20.2 Å². The van der Waals surface area contributed by atoms with E-state index in [9.17, 15) is 9.59 Å². The lowest BCUT2D eigenvalue weighted by Gasteiger charge is -2.11. The first kappa shape index (κ1) is 21.9. The van der Waals surface area contributed by atoms with Gasteiger partial charge in [-0.2, -0.15) is 5.10 Å². The van der Waals surface area contributed by atoms with Gasteiger partial charge in [-0.15, -0.1) is 0 Å². The van der Waals surface area contributed by atoms with Gasteiger partial charge in [0.1, 0.15) is 6.61 Å². The Morgan fingerprint density at radius 1 is 0.968 bits per heavy atom. The number of anilines is 1. The molecule has 0 unspecified atom stereocenters. The molecule has 0 aromatic heterocycles. The molecule has 0 bridgehead atoms. The SMILES string of the molecule is COc1cc(C=NNC(=O)C(=O)Nc2ccc(Cl)cc2)ccc1OCc1ccccc1. The first-order valence-electron chi connectivity index (χ1n) is 9.30. The standard InChI is InChI=1S/C23H20ClN3O4/c1-30-21-13-17(7-12-20(21)31-15-16-5-3-2-4-6-16)14-25-27-23(29)22(28)26-19-10-8-18(24)9-11-19/h2-14H,15H2,1H3,(H,26,28)(H,27,29). The molecule has 2 amide bonds. The maximum Gasteiger partial charge on any atom is 0.329 e. The van der Waals surface area contributed by atoms with Gasteiger partial charge in [0.25, 0.3) is 0 Å². The van der Waals surface area contributed by atoms with E-state index in [0.717, 1.165) is 5.56 Å². The van der Waals surface area contributed by atoms with Crippen LogP contribution in [-0.2, 0) is 16.2 Å². The molecule has 31 heavy (non-hydrogen) atoms. The van der Waals surface area contributed by atoms with Crippen molar-refractivity contribution in [2.75, 3.05) is 12.4 Å². The minimum Gasteiger partial charge on any atom is -0.493 e. The Kier molecular flexibility index (Phi) is 7.61. The monoisotopic (exact) mass is 437 g/mol. The molecule has 8 heteroatoms. The van der Waals surface area contributed by atoms with Crippen molar-refractivity contribution < 1.29 is 19.1 Å². The predicted molar refractivity (Wildman–Crippen MR) is 120 cm³/mol. The van der Waals surface area contributed by atoms with Gasteiger partial charge in [0.05, 0.1) is 13.3 Å². The number of carbonyl (C=O) groups excluding carboxylic acids is 2. The summed E-state index contributed by atoms with van der Waals surface area (Å²) in [6, 6.07) is 21.4. The van der Waals surface area contributed by atoms with E-state index < -0.39 is 11.8 Å². The minimum absolute atomic E-state index is 0.406. The molecule has 158 valence electrons. The lowest BCUT2D eigenvalue weighted by Crippen LogP contribution is -2.32. The van der Waals surface area contributed by atoms with Gasteiger partial charge in [-0.1, -0.05) is 41.9 Å². The highest BCUT2D eigenvalue weighted by Crippen LogP contribution is 2.28. The molecule has 0 radical (unpaired) electrons. The highest BCUT2D eigenvalue weighted by atomic mass is 35.5. The lowest BCUT2D eigenvalue weighted by molar-refractivity contribution is -0.136. The molecule has 0 aliphatic carbocycles. The molecule has 7 nitrogen and oxygen atoms in total. The molecule has 3 aromatic rings. The summed E-state index contributed by atoms with van der Waals surface area (Å²) in [7, 11) is 1.54. The van der Waals surface area contributed by atoms with E-state index in [0.29, 0.717) is 34.4 Å². The van der Waals surface area contributed by atoms with Gasteiger partial charge in [-0.3, -0.25) is 9.59 Å². The van der Waals surface area contributed by atoms with Crippen LogP contribution in [0.15, 0.2) is 77.9 Å². The lowest BCUT2D eigenvalue weighted by atomic mass is 10.2. The van der Waals surface area contributed by atoms with Crippen LogP contribution in [-0.4, -0.2) is 25.1 Å². The van der Waals surface area contributed by atoms with Gasteiger partial charge in [0.15, 0.2) is 11.5 Å². The number of methoxy groups -OCH3 is 1. The van der Waals surface area contributed by atoms with E-state index in [1.807, 2.05) is 30.3 Å². The molecule has 0 fully saturated rings. The Labute approximate surface area is 184 Å². The van der Waals surface area contributed by atoms with Crippen molar-refractivity contribution in [2.24, 2.45) is 5.10 Å². The normalized spacial score (nSPS) is 10.5. The number of ether oxygens (including phenoxy) is 2. The Bertz CT molecular complexity index is 1070. The zero-order chi connectivity index (χ0) is 22.1. The average Bonchev–Trinajstić information content (AvgIpc) is 2.80. The fourth-order valence-electron chi connectivity index (χ4n) is 2.56. The largest absolute Gasteiger partial charge is 0.493 e. The Morgan fingerprint density at radius 2 is 1.71 bits per heavy atom. The van der Waals surface area contributed by atoms with E-state index in [1.165, 1.54) is 13.3 Å². The van der Waals surface area contributed by atoms with Gasteiger partial charge >= 0.3 is 11.8 Å². The number of halogens is 1. The van der Waals surface area contributed by atoms with Crippen LogP contribution >= 0.6 is 11.6 Å². The molecular weight excluding hydrogens is 418 g/mol. The van der Waals surface area contributed by atoms with E-state index >= 15 is 0 Å². The summed E-state index contributed by atoms with van der Waals surface area (Å²) in [6.07, 6.45) is 1.40. The molecule has 0 saturated heterocycles. The van der Waals surface area contributed by atoms with Crippen LogP contribution in [0, 0.1) is 0 Å². The Hall–Kier alpha value is -3.84. The van der Waals surface area contributed by atoms with Crippen molar-refractivity contribution in [3.63, 3.8) is 0 Å². The molecule has 0 spiro atoms. The zero-order valence-electron chi connectivity index (χ0n) is 16.7. The van der Waals surface area contributed by atoms with Crippen LogP contribution in [0.5, 0.6) is 11.5 Å². The highest BCUT2D eigenvalue weighted by molar-refractivity contribution is 6.39. The Morgan fingerprint density at radius 3 is 2.42 bits per heavy atom. The zero-order valence-corrected chi connectivity index (χ0v) is 17.4. The summed E-state index contributed by atoms with van der Waals surface area (Å²) in [5.74, 6) is -0.649. The molecule has 3 rings (SSSR count). The number of hydrogen-bond acceptors (Lipinski definition) is 5. The first-order valence-corrected chi connectivity index (χ1v) is 9.67. The second kappa shape index (κ2) is 10.8. The average molecular weight is 438 g/mol. The van der Waals surface area contributed by atoms with E-state index in [-0.39, 0.29) is 0 Å². The molecule has 0 aliphatic rings. The third-order valence-electron chi connectivity index (χ3n) is 4.11. The number of benzene rings is 3.